The lowest BCUT2D eigenvalue weighted by atomic mass is 10.2. The van der Waals surface area contributed by atoms with Gasteiger partial charge < -0.3 is 9.67 Å². The molecule has 0 unspecified atom stereocenters. The summed E-state index contributed by atoms with van der Waals surface area (Å²) in [5.74, 6) is 0.0651. The molecule has 3 heterocycles. The molecule has 1 N–H and O–H groups in total. The van der Waals surface area contributed by atoms with E-state index < -0.39 is 5.97 Å². The predicted octanol–water partition coefficient (Wildman–Crippen LogP) is 2.27. The fourth-order valence-electron chi connectivity index (χ4n) is 2.40. The summed E-state index contributed by atoms with van der Waals surface area (Å²) in [4.78, 5) is 23.2. The van der Waals surface area contributed by atoms with E-state index in [0.29, 0.717) is 5.69 Å². The third kappa shape index (κ3) is 3.16. The Bertz CT molecular complexity index is 650. The average molecular weight is 284 g/mol. The minimum absolute atomic E-state index is 0.0548. The van der Waals surface area contributed by atoms with Crippen LogP contribution in [0.15, 0.2) is 18.6 Å². The molecular formula is C15H16N4O2. The molecule has 3 rings (SSSR count). The number of hydrogen-bond donors (Lipinski definition) is 1. The SMILES string of the molecule is O=C(O)c1cnc(/C=C/c2cn3c(n2)CCCCC3)cn1. The van der Waals surface area contributed by atoms with Crippen LogP contribution in [0.4, 0.5) is 0 Å². The second kappa shape index (κ2) is 5.87. The zero-order valence-electron chi connectivity index (χ0n) is 11.6. The first-order chi connectivity index (χ1) is 10.2. The highest BCUT2D eigenvalue weighted by atomic mass is 16.4. The minimum Gasteiger partial charge on any atom is -0.476 e. The van der Waals surface area contributed by atoms with E-state index in [4.69, 9.17) is 5.11 Å². The molecule has 0 amide bonds. The molecule has 6 nitrogen and oxygen atoms in total. The van der Waals surface area contributed by atoms with Crippen LogP contribution in [0.5, 0.6) is 0 Å². The molecule has 21 heavy (non-hydrogen) atoms. The van der Waals surface area contributed by atoms with Crippen LogP contribution in [0.1, 0.15) is 47.0 Å². The van der Waals surface area contributed by atoms with Crippen molar-refractivity contribution >= 4 is 18.1 Å². The van der Waals surface area contributed by atoms with Crippen LogP contribution in [-0.4, -0.2) is 30.6 Å². The normalized spacial score (nSPS) is 14.9. The lowest BCUT2D eigenvalue weighted by Gasteiger charge is -1.99. The fourth-order valence-corrected chi connectivity index (χ4v) is 2.40. The summed E-state index contributed by atoms with van der Waals surface area (Å²) >= 11 is 0. The van der Waals surface area contributed by atoms with Gasteiger partial charge >= 0.3 is 5.97 Å². The number of aromatic nitrogens is 4. The van der Waals surface area contributed by atoms with Crippen LogP contribution in [0.25, 0.3) is 12.2 Å². The van der Waals surface area contributed by atoms with Gasteiger partial charge in [-0.05, 0) is 25.0 Å². The van der Waals surface area contributed by atoms with E-state index in [1.54, 1.807) is 6.08 Å². The van der Waals surface area contributed by atoms with E-state index in [1.165, 1.54) is 31.7 Å². The van der Waals surface area contributed by atoms with Gasteiger partial charge in [0.05, 0.1) is 23.8 Å². The Hall–Kier alpha value is -2.50. The molecule has 2 aromatic heterocycles. The number of nitrogens with zero attached hydrogens (tertiary/aromatic N) is 4. The predicted molar refractivity (Wildman–Crippen MR) is 77.7 cm³/mol. The molecule has 0 fully saturated rings. The molecule has 1 aliphatic heterocycles. The van der Waals surface area contributed by atoms with Crippen molar-refractivity contribution in [2.75, 3.05) is 0 Å². The monoisotopic (exact) mass is 284 g/mol. The Balaban J connectivity index is 1.75. The van der Waals surface area contributed by atoms with Gasteiger partial charge in [0.15, 0.2) is 5.69 Å². The zero-order valence-corrected chi connectivity index (χ0v) is 11.6. The summed E-state index contributed by atoms with van der Waals surface area (Å²) in [6, 6.07) is 0. The van der Waals surface area contributed by atoms with Gasteiger partial charge in [-0.15, -0.1) is 0 Å². The number of fused-ring (bicyclic) bond motifs is 1. The molecule has 0 saturated carbocycles. The van der Waals surface area contributed by atoms with Gasteiger partial charge in [0.25, 0.3) is 0 Å². The number of carboxylic acids is 1. The highest BCUT2D eigenvalue weighted by Crippen LogP contribution is 2.15. The molecule has 0 radical (unpaired) electrons. The van der Waals surface area contributed by atoms with Crippen molar-refractivity contribution in [2.24, 2.45) is 0 Å². The fraction of sp³-hybridized carbons (Fsp3) is 0.333. The van der Waals surface area contributed by atoms with Crippen molar-refractivity contribution in [2.45, 2.75) is 32.2 Å². The third-order valence-electron chi connectivity index (χ3n) is 3.49. The molecule has 0 atom stereocenters. The molecule has 1 aliphatic rings. The summed E-state index contributed by atoms with van der Waals surface area (Å²) in [6.07, 6.45) is 13.1. The molecule has 108 valence electrons. The Kier molecular flexibility index (Phi) is 3.77. The topological polar surface area (TPSA) is 80.9 Å². The van der Waals surface area contributed by atoms with Crippen LogP contribution >= 0.6 is 0 Å². The summed E-state index contributed by atoms with van der Waals surface area (Å²) < 4.78 is 2.21. The highest BCUT2D eigenvalue weighted by molar-refractivity contribution is 5.84. The lowest BCUT2D eigenvalue weighted by Crippen LogP contribution is -2.00. The largest absolute Gasteiger partial charge is 0.476 e. The quantitative estimate of drug-likeness (QED) is 0.935. The standard InChI is InChI=1S/C15H16N4O2/c20-15(21)13-9-16-11(8-17-13)5-6-12-10-19-7-3-1-2-4-14(19)18-12/h5-6,8-10H,1-4,7H2,(H,20,21)/b6-5+. The van der Waals surface area contributed by atoms with Crippen LogP contribution in [-0.2, 0) is 13.0 Å². The summed E-state index contributed by atoms with van der Waals surface area (Å²) in [7, 11) is 0. The summed E-state index contributed by atoms with van der Waals surface area (Å²) in [5, 5.41) is 8.77. The second-order valence-electron chi connectivity index (χ2n) is 5.05. The maximum atomic E-state index is 10.7. The van der Waals surface area contributed by atoms with Gasteiger partial charge in [-0.2, -0.15) is 0 Å². The molecular weight excluding hydrogens is 268 g/mol. The van der Waals surface area contributed by atoms with Gasteiger partial charge in [0.2, 0.25) is 0 Å². The summed E-state index contributed by atoms with van der Waals surface area (Å²) in [6.45, 7) is 1.03. The van der Waals surface area contributed by atoms with Crippen molar-refractivity contribution in [1.82, 2.24) is 19.5 Å². The van der Waals surface area contributed by atoms with Gasteiger partial charge in [-0.1, -0.05) is 6.42 Å². The summed E-state index contributed by atoms with van der Waals surface area (Å²) in [5.41, 5.74) is 1.46. The zero-order chi connectivity index (χ0) is 14.7. The number of carbonyl (C=O) groups is 1. The van der Waals surface area contributed by atoms with E-state index in [-0.39, 0.29) is 5.69 Å². The van der Waals surface area contributed by atoms with Gasteiger partial charge in [-0.3, -0.25) is 4.98 Å². The molecule has 0 saturated heterocycles. The van der Waals surface area contributed by atoms with E-state index >= 15 is 0 Å². The van der Waals surface area contributed by atoms with Crippen molar-refractivity contribution in [3.63, 3.8) is 0 Å². The van der Waals surface area contributed by atoms with Gasteiger partial charge in [-0.25, -0.2) is 14.8 Å². The van der Waals surface area contributed by atoms with Gasteiger partial charge in [0, 0.05) is 19.2 Å². The molecule has 0 bridgehead atoms. The van der Waals surface area contributed by atoms with E-state index in [1.807, 2.05) is 6.08 Å². The maximum Gasteiger partial charge on any atom is 0.356 e. The van der Waals surface area contributed by atoms with Crippen LogP contribution in [0.2, 0.25) is 0 Å². The minimum atomic E-state index is -1.07. The molecule has 2 aromatic rings. The van der Waals surface area contributed by atoms with Crippen LogP contribution in [0, 0.1) is 0 Å². The first kappa shape index (κ1) is 13.5. The van der Waals surface area contributed by atoms with E-state index in [0.717, 1.165) is 24.5 Å². The van der Waals surface area contributed by atoms with E-state index in [2.05, 4.69) is 25.7 Å². The Morgan fingerprint density at radius 2 is 2.00 bits per heavy atom. The Morgan fingerprint density at radius 1 is 1.14 bits per heavy atom. The smallest absolute Gasteiger partial charge is 0.356 e. The van der Waals surface area contributed by atoms with Crippen LogP contribution < -0.4 is 0 Å². The number of aryl methyl sites for hydroxylation is 2. The number of rotatable bonds is 3. The number of aromatic carboxylic acids is 1. The molecule has 0 aliphatic carbocycles. The first-order valence-electron chi connectivity index (χ1n) is 7.02. The Morgan fingerprint density at radius 3 is 2.76 bits per heavy atom. The molecule has 0 aromatic carbocycles. The van der Waals surface area contributed by atoms with Crippen LogP contribution in [0.3, 0.4) is 0 Å². The molecule has 6 heteroatoms. The maximum absolute atomic E-state index is 10.7. The Labute approximate surface area is 122 Å². The van der Waals surface area contributed by atoms with E-state index in [9.17, 15) is 4.79 Å². The molecule has 0 spiro atoms. The second-order valence-corrected chi connectivity index (χ2v) is 5.05. The van der Waals surface area contributed by atoms with Crippen molar-refractivity contribution in [3.05, 3.63) is 41.5 Å². The van der Waals surface area contributed by atoms with Crippen molar-refractivity contribution < 1.29 is 9.90 Å². The third-order valence-corrected chi connectivity index (χ3v) is 3.49. The number of imidazole rings is 1. The average Bonchev–Trinajstić information content (AvgIpc) is 2.75. The lowest BCUT2D eigenvalue weighted by molar-refractivity contribution is 0.0690. The first-order valence-corrected chi connectivity index (χ1v) is 7.02. The van der Waals surface area contributed by atoms with Gasteiger partial charge in [0.1, 0.15) is 5.82 Å². The number of hydrogen-bond acceptors (Lipinski definition) is 4. The van der Waals surface area contributed by atoms with Crippen molar-refractivity contribution in [3.8, 4) is 0 Å². The highest BCUT2D eigenvalue weighted by Gasteiger charge is 2.09. The number of carboxylic acid groups (broad SMARTS) is 1. The van der Waals surface area contributed by atoms with Crippen molar-refractivity contribution in [1.29, 1.82) is 0 Å².